The second kappa shape index (κ2) is 7.46. The van der Waals surface area contributed by atoms with Gasteiger partial charge in [-0.3, -0.25) is 4.90 Å². The highest BCUT2D eigenvalue weighted by Gasteiger charge is 2.21. The molecule has 2 aliphatic rings. The molecular formula is C21H26N2O2. The summed E-state index contributed by atoms with van der Waals surface area (Å²) in [4.78, 5) is 2.46. The van der Waals surface area contributed by atoms with Gasteiger partial charge in [0.15, 0.2) is 0 Å². The van der Waals surface area contributed by atoms with Crippen LogP contribution in [0.2, 0.25) is 0 Å². The van der Waals surface area contributed by atoms with E-state index in [0.717, 1.165) is 31.9 Å². The Morgan fingerprint density at radius 3 is 2.68 bits per heavy atom. The molecule has 2 aromatic rings. The first-order chi connectivity index (χ1) is 12.3. The van der Waals surface area contributed by atoms with Gasteiger partial charge < -0.3 is 15.2 Å². The highest BCUT2D eigenvalue weighted by molar-refractivity contribution is 5.44. The van der Waals surface area contributed by atoms with Crippen LogP contribution in [0.5, 0.6) is 11.5 Å². The van der Waals surface area contributed by atoms with Crippen LogP contribution in [0.25, 0.3) is 0 Å². The Kier molecular flexibility index (Phi) is 4.90. The maximum absolute atomic E-state index is 9.70. The largest absolute Gasteiger partial charge is 0.508 e. The average Bonchev–Trinajstić information content (AvgIpc) is 3.15. The lowest BCUT2D eigenvalue weighted by molar-refractivity contribution is 0.237. The summed E-state index contributed by atoms with van der Waals surface area (Å²) in [6.45, 7) is 5.12. The van der Waals surface area contributed by atoms with Gasteiger partial charge in [0.2, 0.25) is 0 Å². The van der Waals surface area contributed by atoms with Crippen LogP contribution in [0.4, 0.5) is 0 Å². The van der Waals surface area contributed by atoms with Crippen LogP contribution in [0.1, 0.15) is 35.6 Å². The second-order valence-electron chi connectivity index (χ2n) is 6.99. The monoisotopic (exact) mass is 338 g/mol. The minimum atomic E-state index is 0.183. The molecule has 1 unspecified atom stereocenters. The molecule has 1 fully saturated rings. The maximum atomic E-state index is 9.70. The zero-order valence-electron chi connectivity index (χ0n) is 14.6. The molecule has 2 aromatic carbocycles. The van der Waals surface area contributed by atoms with Gasteiger partial charge in [-0.25, -0.2) is 0 Å². The van der Waals surface area contributed by atoms with E-state index in [9.17, 15) is 5.11 Å². The molecule has 1 atom stereocenters. The molecule has 132 valence electrons. The van der Waals surface area contributed by atoms with Crippen molar-refractivity contribution in [3.63, 3.8) is 0 Å². The first kappa shape index (κ1) is 16.4. The number of hydrogen-bond acceptors (Lipinski definition) is 4. The lowest BCUT2D eigenvalue weighted by Gasteiger charge is -2.27. The van der Waals surface area contributed by atoms with E-state index in [1.807, 2.05) is 12.1 Å². The van der Waals surface area contributed by atoms with E-state index in [4.69, 9.17) is 4.74 Å². The normalized spacial score (nSPS) is 20.4. The van der Waals surface area contributed by atoms with Crippen LogP contribution in [0, 0.1) is 0 Å². The Morgan fingerprint density at radius 1 is 1.08 bits per heavy atom. The zero-order chi connectivity index (χ0) is 17.1. The van der Waals surface area contributed by atoms with Gasteiger partial charge >= 0.3 is 0 Å². The molecule has 4 nitrogen and oxygen atoms in total. The highest BCUT2D eigenvalue weighted by atomic mass is 16.5. The number of benzene rings is 2. The summed E-state index contributed by atoms with van der Waals surface area (Å²) in [5.74, 6) is 1.28. The van der Waals surface area contributed by atoms with E-state index in [1.54, 1.807) is 6.07 Å². The Balaban J connectivity index is 1.40. The van der Waals surface area contributed by atoms with Crippen molar-refractivity contribution >= 4 is 0 Å². The number of phenolic OH excluding ortho intramolecular Hbond substituents is 1. The topological polar surface area (TPSA) is 44.7 Å². The molecule has 2 N–H and O–H groups in total. The zero-order valence-corrected chi connectivity index (χ0v) is 14.6. The molecule has 0 aromatic heterocycles. The number of phenols is 1. The van der Waals surface area contributed by atoms with E-state index in [2.05, 4.69) is 34.5 Å². The summed E-state index contributed by atoms with van der Waals surface area (Å²) in [5, 5.41) is 13.3. The number of rotatable bonds is 5. The van der Waals surface area contributed by atoms with Gasteiger partial charge in [0.25, 0.3) is 0 Å². The van der Waals surface area contributed by atoms with E-state index >= 15 is 0 Å². The quantitative estimate of drug-likeness (QED) is 0.879. The van der Waals surface area contributed by atoms with Crippen molar-refractivity contribution in [1.82, 2.24) is 10.2 Å². The van der Waals surface area contributed by atoms with E-state index in [0.29, 0.717) is 5.75 Å². The molecule has 0 amide bonds. The van der Waals surface area contributed by atoms with Crippen LogP contribution < -0.4 is 10.1 Å². The van der Waals surface area contributed by atoms with Crippen molar-refractivity contribution in [3.05, 3.63) is 59.2 Å². The summed E-state index contributed by atoms with van der Waals surface area (Å²) in [7, 11) is 0. The first-order valence-electron chi connectivity index (χ1n) is 9.30. The van der Waals surface area contributed by atoms with Gasteiger partial charge in [-0.2, -0.15) is 0 Å². The van der Waals surface area contributed by atoms with Crippen molar-refractivity contribution < 1.29 is 9.84 Å². The van der Waals surface area contributed by atoms with Crippen molar-refractivity contribution in [2.75, 3.05) is 32.8 Å². The number of ether oxygens (including phenoxy) is 1. The average molecular weight is 338 g/mol. The van der Waals surface area contributed by atoms with Gasteiger partial charge in [0.1, 0.15) is 18.1 Å². The molecule has 0 bridgehead atoms. The van der Waals surface area contributed by atoms with Crippen molar-refractivity contribution in [3.8, 4) is 11.5 Å². The van der Waals surface area contributed by atoms with Gasteiger partial charge in [-0.1, -0.05) is 18.2 Å². The minimum Gasteiger partial charge on any atom is -0.508 e. The Labute approximate surface area is 149 Å². The van der Waals surface area contributed by atoms with Crippen LogP contribution in [-0.2, 0) is 6.42 Å². The SMILES string of the molecule is Oc1ccc2c(c1)CCNC2c1ccc(OCCN2CCCC2)cc1. The fourth-order valence-corrected chi connectivity index (χ4v) is 3.90. The number of hydrogen-bond donors (Lipinski definition) is 2. The molecule has 0 saturated carbocycles. The number of likely N-dealkylation sites (tertiary alicyclic amines) is 1. The standard InChI is InChI=1S/C21H26N2O2/c24-18-5-8-20-17(15-18)9-10-22-21(20)16-3-6-19(7-4-16)25-14-13-23-11-1-2-12-23/h3-8,15,21-22,24H,1-2,9-14H2. The smallest absolute Gasteiger partial charge is 0.119 e. The molecule has 2 aliphatic heterocycles. The summed E-state index contributed by atoms with van der Waals surface area (Å²) < 4.78 is 5.90. The molecule has 4 heteroatoms. The van der Waals surface area contributed by atoms with Crippen LogP contribution >= 0.6 is 0 Å². The van der Waals surface area contributed by atoms with Gasteiger partial charge in [-0.15, -0.1) is 0 Å². The number of fused-ring (bicyclic) bond motifs is 1. The van der Waals surface area contributed by atoms with Crippen LogP contribution in [0.3, 0.4) is 0 Å². The van der Waals surface area contributed by atoms with Gasteiger partial charge in [0.05, 0.1) is 6.04 Å². The summed E-state index contributed by atoms with van der Waals surface area (Å²) in [5.41, 5.74) is 3.72. The highest BCUT2D eigenvalue weighted by Crippen LogP contribution is 2.31. The predicted octanol–water partition coefficient (Wildman–Crippen LogP) is 3.10. The van der Waals surface area contributed by atoms with Gasteiger partial charge in [-0.05, 0) is 73.3 Å². The van der Waals surface area contributed by atoms with Crippen molar-refractivity contribution in [2.24, 2.45) is 0 Å². The molecule has 4 rings (SSSR count). The van der Waals surface area contributed by atoms with Crippen molar-refractivity contribution in [1.29, 1.82) is 0 Å². The summed E-state index contributed by atoms with van der Waals surface area (Å²) >= 11 is 0. The minimum absolute atomic E-state index is 0.183. The third-order valence-corrected chi connectivity index (χ3v) is 5.27. The third kappa shape index (κ3) is 3.80. The van der Waals surface area contributed by atoms with Gasteiger partial charge in [0, 0.05) is 13.1 Å². The van der Waals surface area contributed by atoms with E-state index in [-0.39, 0.29) is 6.04 Å². The molecule has 0 spiro atoms. The Bertz CT molecular complexity index is 708. The second-order valence-corrected chi connectivity index (χ2v) is 6.99. The Hall–Kier alpha value is -2.04. The molecular weight excluding hydrogens is 312 g/mol. The number of nitrogens with zero attached hydrogens (tertiary/aromatic N) is 1. The predicted molar refractivity (Wildman–Crippen MR) is 99.3 cm³/mol. The molecule has 1 saturated heterocycles. The summed E-state index contributed by atoms with van der Waals surface area (Å²) in [6.07, 6.45) is 3.60. The molecule has 2 heterocycles. The first-order valence-corrected chi connectivity index (χ1v) is 9.30. The third-order valence-electron chi connectivity index (χ3n) is 5.27. The van der Waals surface area contributed by atoms with Crippen LogP contribution in [-0.4, -0.2) is 42.8 Å². The Morgan fingerprint density at radius 2 is 1.88 bits per heavy atom. The maximum Gasteiger partial charge on any atom is 0.119 e. The summed E-state index contributed by atoms with van der Waals surface area (Å²) in [6, 6.07) is 14.3. The lowest BCUT2D eigenvalue weighted by atomic mass is 9.90. The van der Waals surface area contributed by atoms with Crippen LogP contribution in [0.15, 0.2) is 42.5 Å². The number of nitrogens with one attached hydrogen (secondary N) is 1. The van der Waals surface area contributed by atoms with E-state index in [1.165, 1.54) is 42.6 Å². The number of aromatic hydroxyl groups is 1. The molecule has 0 radical (unpaired) electrons. The molecule has 25 heavy (non-hydrogen) atoms. The fourth-order valence-electron chi connectivity index (χ4n) is 3.90. The lowest BCUT2D eigenvalue weighted by Crippen LogP contribution is -2.30. The molecule has 0 aliphatic carbocycles. The van der Waals surface area contributed by atoms with Crippen molar-refractivity contribution in [2.45, 2.75) is 25.3 Å². The fraction of sp³-hybridized carbons (Fsp3) is 0.429. The van der Waals surface area contributed by atoms with E-state index < -0.39 is 0 Å².